The lowest BCUT2D eigenvalue weighted by atomic mass is 10.0. The zero-order valence-electron chi connectivity index (χ0n) is 16.4. The van der Waals surface area contributed by atoms with Gasteiger partial charge in [-0.3, -0.25) is 9.59 Å². The largest absolute Gasteiger partial charge is 0.311 e. The summed E-state index contributed by atoms with van der Waals surface area (Å²) in [6.45, 7) is 0.644. The summed E-state index contributed by atoms with van der Waals surface area (Å²) in [5.74, 6) is -0.845. The van der Waals surface area contributed by atoms with Crippen molar-refractivity contribution in [3.63, 3.8) is 0 Å². The van der Waals surface area contributed by atoms with Crippen LogP contribution >= 0.6 is 11.8 Å². The van der Waals surface area contributed by atoms with Gasteiger partial charge in [0.05, 0.1) is 12.2 Å². The Bertz CT molecular complexity index is 1180. The number of carbonyl (C=O) groups is 2. The fourth-order valence-electron chi connectivity index (χ4n) is 4.27. The molecular weight excluding hydrogens is 418 g/mol. The first-order chi connectivity index (χ1) is 15.0. The molecule has 1 spiro atoms. The molecule has 2 heterocycles. The van der Waals surface area contributed by atoms with Gasteiger partial charge in [-0.1, -0.05) is 36.4 Å². The van der Waals surface area contributed by atoms with Crippen molar-refractivity contribution >= 4 is 29.3 Å². The number of carbonyl (C=O) groups excluding carboxylic acids is 2. The maximum atomic E-state index is 13.8. The van der Waals surface area contributed by atoms with Crippen LogP contribution in [0.5, 0.6) is 0 Å². The molecule has 0 N–H and O–H groups in total. The molecule has 0 radical (unpaired) electrons. The van der Waals surface area contributed by atoms with Crippen LogP contribution in [0.1, 0.15) is 21.5 Å². The third-order valence-electron chi connectivity index (χ3n) is 5.67. The van der Waals surface area contributed by atoms with Crippen LogP contribution in [0.25, 0.3) is 0 Å². The summed E-state index contributed by atoms with van der Waals surface area (Å²) >= 11 is 1.42. The molecule has 5 rings (SSSR count). The van der Waals surface area contributed by atoms with Gasteiger partial charge in [-0.05, 0) is 42.0 Å². The highest BCUT2D eigenvalue weighted by Crippen LogP contribution is 2.54. The zero-order valence-corrected chi connectivity index (χ0v) is 17.2. The monoisotopic (exact) mass is 436 g/mol. The number of para-hydroxylation sites is 1. The van der Waals surface area contributed by atoms with E-state index in [0.717, 1.165) is 16.8 Å². The van der Waals surface area contributed by atoms with Crippen LogP contribution in [0.3, 0.4) is 0 Å². The molecule has 156 valence electrons. The molecule has 3 aromatic carbocycles. The number of rotatable bonds is 3. The number of nitrogens with zero attached hydrogens (tertiary/aromatic N) is 2. The zero-order chi connectivity index (χ0) is 21.6. The SMILES string of the molecule is O=C(c1cccc(F)c1)N1CCS[C@@]12C(=O)N(Cc1ccc(F)cc1)c1ccccc12. The average molecular weight is 436 g/mol. The summed E-state index contributed by atoms with van der Waals surface area (Å²) in [6.07, 6.45) is 0. The van der Waals surface area contributed by atoms with Crippen molar-refractivity contribution in [3.8, 4) is 0 Å². The number of benzene rings is 3. The Morgan fingerprint density at radius 1 is 0.968 bits per heavy atom. The molecule has 1 atom stereocenters. The lowest BCUT2D eigenvalue weighted by molar-refractivity contribution is -0.123. The maximum Gasteiger partial charge on any atom is 0.268 e. The average Bonchev–Trinajstić information content (AvgIpc) is 3.32. The Morgan fingerprint density at radius 2 is 1.74 bits per heavy atom. The Balaban J connectivity index is 1.57. The number of hydrogen-bond donors (Lipinski definition) is 0. The van der Waals surface area contributed by atoms with E-state index in [1.807, 2.05) is 24.3 Å². The second-order valence-electron chi connectivity index (χ2n) is 7.49. The van der Waals surface area contributed by atoms with Crippen molar-refractivity contribution in [2.24, 2.45) is 0 Å². The minimum absolute atomic E-state index is 0.212. The number of thioether (sulfide) groups is 1. The van der Waals surface area contributed by atoms with Gasteiger partial charge < -0.3 is 9.80 Å². The standard InChI is InChI=1S/C24H18F2N2O2S/c25-18-10-8-16(9-11-18)15-27-21-7-2-1-6-20(21)24(23(27)30)28(12-13-31-24)22(29)17-4-3-5-19(26)14-17/h1-11,14H,12-13,15H2/t24-/m0/s1. The molecule has 7 heteroatoms. The summed E-state index contributed by atoms with van der Waals surface area (Å²) in [7, 11) is 0. The molecule has 31 heavy (non-hydrogen) atoms. The van der Waals surface area contributed by atoms with Crippen molar-refractivity contribution in [2.75, 3.05) is 17.2 Å². The van der Waals surface area contributed by atoms with Gasteiger partial charge in [0.25, 0.3) is 11.8 Å². The van der Waals surface area contributed by atoms with Gasteiger partial charge >= 0.3 is 0 Å². The molecule has 4 nitrogen and oxygen atoms in total. The molecule has 0 unspecified atom stereocenters. The molecular formula is C24H18F2N2O2S. The van der Waals surface area contributed by atoms with E-state index in [0.29, 0.717) is 12.3 Å². The van der Waals surface area contributed by atoms with E-state index in [1.165, 1.54) is 42.1 Å². The van der Waals surface area contributed by atoms with Crippen LogP contribution in [0.15, 0.2) is 72.8 Å². The predicted octanol–water partition coefficient (Wildman–Crippen LogP) is 4.55. The van der Waals surface area contributed by atoms with Crippen LogP contribution < -0.4 is 4.90 Å². The number of amides is 2. The first kappa shape index (κ1) is 19.8. The highest BCUT2D eigenvalue weighted by molar-refractivity contribution is 8.01. The summed E-state index contributed by atoms with van der Waals surface area (Å²) in [5.41, 5.74) is 2.47. The molecule has 0 bridgehead atoms. The lowest BCUT2D eigenvalue weighted by Crippen LogP contribution is -2.50. The predicted molar refractivity (Wildman–Crippen MR) is 116 cm³/mol. The van der Waals surface area contributed by atoms with Gasteiger partial charge in [-0.25, -0.2) is 8.78 Å². The topological polar surface area (TPSA) is 40.6 Å². The smallest absolute Gasteiger partial charge is 0.268 e. The lowest BCUT2D eigenvalue weighted by Gasteiger charge is -2.33. The van der Waals surface area contributed by atoms with E-state index in [1.54, 1.807) is 28.0 Å². The molecule has 0 aromatic heterocycles. The first-order valence-electron chi connectivity index (χ1n) is 9.88. The van der Waals surface area contributed by atoms with Crippen molar-refractivity contribution in [2.45, 2.75) is 11.4 Å². The number of hydrogen-bond acceptors (Lipinski definition) is 3. The second kappa shape index (κ2) is 7.50. The van der Waals surface area contributed by atoms with Gasteiger partial charge in [-0.15, -0.1) is 11.8 Å². The Hall–Kier alpha value is -3.19. The molecule has 1 fully saturated rings. The Labute approximate surface area is 182 Å². The Morgan fingerprint density at radius 3 is 2.52 bits per heavy atom. The molecule has 2 amide bonds. The minimum Gasteiger partial charge on any atom is -0.311 e. The highest BCUT2D eigenvalue weighted by atomic mass is 32.2. The van der Waals surface area contributed by atoms with Gasteiger partial charge in [-0.2, -0.15) is 0 Å². The summed E-state index contributed by atoms with van der Waals surface area (Å²) in [4.78, 5) is 29.2. The van der Waals surface area contributed by atoms with E-state index in [-0.39, 0.29) is 29.7 Å². The maximum absolute atomic E-state index is 13.8. The number of halogens is 2. The fraction of sp³-hybridized carbons (Fsp3) is 0.167. The summed E-state index contributed by atoms with van der Waals surface area (Å²) in [5, 5.41) is 0. The van der Waals surface area contributed by atoms with Crippen LogP contribution in [0, 0.1) is 11.6 Å². The van der Waals surface area contributed by atoms with Crippen LogP contribution in [-0.4, -0.2) is 29.0 Å². The van der Waals surface area contributed by atoms with E-state index in [9.17, 15) is 18.4 Å². The molecule has 1 saturated heterocycles. The van der Waals surface area contributed by atoms with E-state index in [4.69, 9.17) is 0 Å². The second-order valence-corrected chi connectivity index (χ2v) is 8.78. The van der Waals surface area contributed by atoms with Gasteiger partial charge in [0.2, 0.25) is 0 Å². The number of anilines is 1. The van der Waals surface area contributed by atoms with Crippen LogP contribution in [-0.2, 0) is 16.2 Å². The third-order valence-corrected chi connectivity index (χ3v) is 7.09. The van der Waals surface area contributed by atoms with Gasteiger partial charge in [0.15, 0.2) is 4.87 Å². The molecule has 2 aliphatic rings. The van der Waals surface area contributed by atoms with E-state index in [2.05, 4.69) is 0 Å². The summed E-state index contributed by atoms with van der Waals surface area (Å²) < 4.78 is 27.1. The molecule has 0 saturated carbocycles. The first-order valence-corrected chi connectivity index (χ1v) is 10.9. The quantitative estimate of drug-likeness (QED) is 0.605. The van der Waals surface area contributed by atoms with Crippen LogP contribution in [0.4, 0.5) is 14.5 Å². The van der Waals surface area contributed by atoms with Crippen molar-refractivity contribution in [3.05, 3.63) is 101 Å². The minimum atomic E-state index is -1.19. The van der Waals surface area contributed by atoms with Gasteiger partial charge in [0, 0.05) is 23.4 Å². The fourth-order valence-corrected chi connectivity index (χ4v) is 5.74. The number of fused-ring (bicyclic) bond motifs is 2. The normalized spacial score (nSPS) is 19.9. The molecule has 3 aromatic rings. The highest BCUT2D eigenvalue weighted by Gasteiger charge is 2.59. The van der Waals surface area contributed by atoms with Crippen molar-refractivity contribution in [1.82, 2.24) is 4.90 Å². The molecule has 2 aliphatic heterocycles. The van der Waals surface area contributed by atoms with Crippen LogP contribution in [0.2, 0.25) is 0 Å². The summed E-state index contributed by atoms with van der Waals surface area (Å²) in [6, 6.07) is 19.0. The van der Waals surface area contributed by atoms with Gasteiger partial charge in [0.1, 0.15) is 11.6 Å². The third kappa shape index (κ3) is 3.11. The van der Waals surface area contributed by atoms with E-state index >= 15 is 0 Å². The van der Waals surface area contributed by atoms with Crippen molar-refractivity contribution < 1.29 is 18.4 Å². The van der Waals surface area contributed by atoms with E-state index < -0.39 is 10.7 Å². The molecule has 0 aliphatic carbocycles. The Kier molecular flexibility index (Phi) is 4.78. The van der Waals surface area contributed by atoms with Crippen molar-refractivity contribution in [1.29, 1.82) is 0 Å².